The lowest BCUT2D eigenvalue weighted by Crippen LogP contribution is -2.33. The molecule has 0 fully saturated rings. The molecule has 0 spiro atoms. The van der Waals surface area contributed by atoms with Crippen LogP contribution in [0.25, 0.3) is 0 Å². The van der Waals surface area contributed by atoms with Crippen LogP contribution in [0.4, 0.5) is 5.69 Å². The van der Waals surface area contributed by atoms with E-state index in [1.807, 2.05) is 18.2 Å². The predicted octanol–water partition coefficient (Wildman–Crippen LogP) is 3.81. The Labute approximate surface area is 143 Å². The van der Waals surface area contributed by atoms with Crippen LogP contribution < -0.4 is 10.6 Å². The van der Waals surface area contributed by atoms with Crippen LogP contribution in [0.2, 0.25) is 0 Å². The fraction of sp³-hybridized carbons (Fsp3) is 0.300. The van der Waals surface area contributed by atoms with E-state index in [1.165, 1.54) is 6.92 Å². The van der Waals surface area contributed by atoms with Crippen molar-refractivity contribution in [3.05, 3.63) is 65.7 Å². The average molecular weight is 324 g/mol. The zero-order chi connectivity index (χ0) is 17.5. The molecule has 1 amide bonds. The number of benzene rings is 2. The van der Waals surface area contributed by atoms with Crippen LogP contribution >= 0.6 is 0 Å². The highest BCUT2D eigenvalue weighted by molar-refractivity contribution is 6.04. The van der Waals surface area contributed by atoms with Crippen molar-refractivity contribution in [1.82, 2.24) is 5.32 Å². The molecule has 0 aliphatic heterocycles. The number of nitrogens with one attached hydrogen (secondary N) is 2. The summed E-state index contributed by atoms with van der Waals surface area (Å²) < 4.78 is 0. The molecule has 0 bridgehead atoms. The van der Waals surface area contributed by atoms with Crippen molar-refractivity contribution >= 4 is 17.4 Å². The molecule has 2 rings (SSSR count). The molecule has 2 N–H and O–H groups in total. The first-order valence-corrected chi connectivity index (χ1v) is 8.17. The van der Waals surface area contributed by atoms with Gasteiger partial charge in [0.15, 0.2) is 5.78 Å². The van der Waals surface area contributed by atoms with E-state index < -0.39 is 0 Å². The van der Waals surface area contributed by atoms with Gasteiger partial charge in [0, 0.05) is 11.6 Å². The van der Waals surface area contributed by atoms with Gasteiger partial charge in [-0.1, -0.05) is 56.3 Å². The van der Waals surface area contributed by atoms with Crippen molar-refractivity contribution < 1.29 is 9.59 Å². The van der Waals surface area contributed by atoms with Gasteiger partial charge in [-0.05, 0) is 30.5 Å². The Bertz CT molecular complexity index is 696. The first-order chi connectivity index (χ1) is 11.5. The number of anilines is 1. The SMILES string of the molecule is CC(=O)c1ccccc1NC(=O)CN[C@H](c1ccccc1)C(C)C. The summed E-state index contributed by atoms with van der Waals surface area (Å²) in [4.78, 5) is 23.9. The summed E-state index contributed by atoms with van der Waals surface area (Å²) in [5.74, 6) is 0.123. The third-order valence-corrected chi connectivity index (χ3v) is 3.89. The Morgan fingerprint density at radius 1 is 0.958 bits per heavy atom. The third-order valence-electron chi connectivity index (χ3n) is 3.89. The lowest BCUT2D eigenvalue weighted by molar-refractivity contribution is -0.115. The fourth-order valence-corrected chi connectivity index (χ4v) is 2.70. The van der Waals surface area contributed by atoms with Crippen molar-refractivity contribution in [3.63, 3.8) is 0 Å². The zero-order valence-electron chi connectivity index (χ0n) is 14.4. The number of hydrogen-bond donors (Lipinski definition) is 2. The van der Waals surface area contributed by atoms with E-state index in [2.05, 4.69) is 36.6 Å². The minimum atomic E-state index is -0.162. The summed E-state index contributed by atoms with van der Waals surface area (Å²) in [5.41, 5.74) is 2.23. The van der Waals surface area contributed by atoms with E-state index >= 15 is 0 Å². The van der Waals surface area contributed by atoms with Crippen LogP contribution in [-0.4, -0.2) is 18.2 Å². The summed E-state index contributed by atoms with van der Waals surface area (Å²) >= 11 is 0. The maximum Gasteiger partial charge on any atom is 0.238 e. The van der Waals surface area contributed by atoms with Crippen molar-refractivity contribution in [2.45, 2.75) is 26.8 Å². The van der Waals surface area contributed by atoms with Crippen LogP contribution in [0.15, 0.2) is 54.6 Å². The molecule has 4 nitrogen and oxygen atoms in total. The molecule has 0 saturated carbocycles. The molecule has 0 saturated heterocycles. The molecule has 126 valence electrons. The average Bonchev–Trinajstić information content (AvgIpc) is 2.56. The number of amides is 1. The second-order valence-electron chi connectivity index (χ2n) is 6.16. The van der Waals surface area contributed by atoms with Gasteiger partial charge in [-0.2, -0.15) is 0 Å². The monoisotopic (exact) mass is 324 g/mol. The van der Waals surface area contributed by atoms with Crippen molar-refractivity contribution in [2.24, 2.45) is 5.92 Å². The Balaban J connectivity index is 2.01. The molecule has 0 aromatic heterocycles. The van der Waals surface area contributed by atoms with E-state index in [0.29, 0.717) is 17.2 Å². The fourth-order valence-electron chi connectivity index (χ4n) is 2.70. The van der Waals surface area contributed by atoms with Gasteiger partial charge in [-0.3, -0.25) is 9.59 Å². The molecule has 2 aromatic carbocycles. The molecule has 0 aliphatic carbocycles. The van der Waals surface area contributed by atoms with E-state index in [4.69, 9.17) is 0 Å². The second kappa shape index (κ2) is 8.41. The largest absolute Gasteiger partial charge is 0.324 e. The summed E-state index contributed by atoms with van der Waals surface area (Å²) in [6.07, 6.45) is 0. The van der Waals surface area contributed by atoms with Crippen LogP contribution in [0.5, 0.6) is 0 Å². The highest BCUT2D eigenvalue weighted by Gasteiger charge is 2.17. The molecule has 4 heteroatoms. The highest BCUT2D eigenvalue weighted by atomic mass is 16.2. The van der Waals surface area contributed by atoms with Crippen molar-refractivity contribution in [3.8, 4) is 0 Å². The quantitative estimate of drug-likeness (QED) is 0.761. The van der Waals surface area contributed by atoms with Crippen molar-refractivity contribution in [2.75, 3.05) is 11.9 Å². The van der Waals surface area contributed by atoms with Gasteiger partial charge < -0.3 is 10.6 Å². The summed E-state index contributed by atoms with van der Waals surface area (Å²) in [7, 11) is 0. The Morgan fingerprint density at radius 3 is 2.21 bits per heavy atom. The topological polar surface area (TPSA) is 58.2 Å². The Morgan fingerprint density at radius 2 is 1.58 bits per heavy atom. The second-order valence-corrected chi connectivity index (χ2v) is 6.16. The molecule has 0 aliphatic rings. The molecule has 0 unspecified atom stereocenters. The molecular formula is C20H24N2O2. The molecule has 1 atom stereocenters. The molecule has 0 radical (unpaired) electrons. The summed E-state index contributed by atoms with van der Waals surface area (Å²) in [6, 6.07) is 17.2. The minimum absolute atomic E-state index is 0.0665. The molecular weight excluding hydrogens is 300 g/mol. The third kappa shape index (κ3) is 4.77. The number of ketones is 1. The number of Topliss-reactive ketones (excluding diaryl/α,β-unsaturated/α-hetero) is 1. The minimum Gasteiger partial charge on any atom is -0.324 e. The van der Waals surface area contributed by atoms with Crippen LogP contribution in [0.1, 0.15) is 42.7 Å². The smallest absolute Gasteiger partial charge is 0.238 e. The zero-order valence-corrected chi connectivity index (χ0v) is 14.4. The van der Waals surface area contributed by atoms with E-state index in [1.54, 1.807) is 24.3 Å². The number of para-hydroxylation sites is 1. The van der Waals surface area contributed by atoms with Gasteiger partial charge >= 0.3 is 0 Å². The number of hydrogen-bond acceptors (Lipinski definition) is 3. The lowest BCUT2D eigenvalue weighted by atomic mass is 9.96. The predicted molar refractivity (Wildman–Crippen MR) is 97.1 cm³/mol. The lowest BCUT2D eigenvalue weighted by Gasteiger charge is -2.23. The first-order valence-electron chi connectivity index (χ1n) is 8.17. The van der Waals surface area contributed by atoms with E-state index in [0.717, 1.165) is 5.56 Å². The standard InChI is InChI=1S/C20H24N2O2/c1-14(2)20(16-9-5-4-6-10-16)21-13-19(24)22-18-12-8-7-11-17(18)15(3)23/h4-12,14,20-21H,13H2,1-3H3,(H,22,24)/t20-/m0/s1. The number of rotatable bonds is 7. The molecule has 24 heavy (non-hydrogen) atoms. The van der Waals surface area contributed by atoms with Gasteiger partial charge in [-0.15, -0.1) is 0 Å². The van der Waals surface area contributed by atoms with Gasteiger partial charge in [0.2, 0.25) is 5.91 Å². The molecule has 0 heterocycles. The van der Waals surface area contributed by atoms with Gasteiger partial charge in [-0.25, -0.2) is 0 Å². The van der Waals surface area contributed by atoms with Crippen LogP contribution in [0, 0.1) is 5.92 Å². The van der Waals surface area contributed by atoms with Gasteiger partial charge in [0.1, 0.15) is 0 Å². The summed E-state index contributed by atoms with van der Waals surface area (Å²) in [6.45, 7) is 5.92. The number of carbonyl (C=O) groups excluding carboxylic acids is 2. The number of carbonyl (C=O) groups is 2. The van der Waals surface area contributed by atoms with Gasteiger partial charge in [0.25, 0.3) is 0 Å². The Hall–Kier alpha value is -2.46. The van der Waals surface area contributed by atoms with Crippen LogP contribution in [-0.2, 0) is 4.79 Å². The maximum atomic E-state index is 12.3. The Kier molecular flexibility index (Phi) is 6.27. The highest BCUT2D eigenvalue weighted by Crippen LogP contribution is 2.21. The van der Waals surface area contributed by atoms with Crippen LogP contribution in [0.3, 0.4) is 0 Å². The van der Waals surface area contributed by atoms with E-state index in [-0.39, 0.29) is 24.3 Å². The van der Waals surface area contributed by atoms with Gasteiger partial charge in [0.05, 0.1) is 12.2 Å². The van der Waals surface area contributed by atoms with E-state index in [9.17, 15) is 9.59 Å². The molecule has 2 aromatic rings. The normalized spacial score (nSPS) is 12.0. The maximum absolute atomic E-state index is 12.3. The van der Waals surface area contributed by atoms with Crippen molar-refractivity contribution in [1.29, 1.82) is 0 Å². The summed E-state index contributed by atoms with van der Waals surface area (Å²) in [5, 5.41) is 6.12. The first kappa shape index (κ1) is 17.9.